The van der Waals surface area contributed by atoms with Crippen LogP contribution < -0.4 is 5.32 Å². The first-order chi connectivity index (χ1) is 9.24. The summed E-state index contributed by atoms with van der Waals surface area (Å²) in [7, 11) is 0. The molecular formula is C14H10ClN3O. The van der Waals surface area contributed by atoms with Crippen LogP contribution in [0, 0.1) is 0 Å². The zero-order valence-corrected chi connectivity index (χ0v) is 10.6. The van der Waals surface area contributed by atoms with Crippen LogP contribution in [0.2, 0.25) is 5.02 Å². The van der Waals surface area contributed by atoms with Gasteiger partial charge >= 0.3 is 0 Å². The van der Waals surface area contributed by atoms with Crippen LogP contribution in [0.1, 0.15) is 10.4 Å². The maximum Gasteiger partial charge on any atom is 0.256 e. The highest BCUT2D eigenvalue weighted by Crippen LogP contribution is 2.19. The largest absolute Gasteiger partial charge is 0.361 e. The van der Waals surface area contributed by atoms with E-state index in [0.717, 1.165) is 10.9 Å². The van der Waals surface area contributed by atoms with Gasteiger partial charge in [0.25, 0.3) is 5.91 Å². The van der Waals surface area contributed by atoms with Crippen molar-refractivity contribution in [3.8, 4) is 0 Å². The monoisotopic (exact) mass is 271 g/mol. The van der Waals surface area contributed by atoms with Gasteiger partial charge in [0.2, 0.25) is 0 Å². The summed E-state index contributed by atoms with van der Waals surface area (Å²) in [5, 5.41) is 4.16. The van der Waals surface area contributed by atoms with E-state index in [9.17, 15) is 4.79 Å². The number of pyridine rings is 1. The Morgan fingerprint density at radius 2 is 2.16 bits per heavy atom. The molecule has 3 aromatic rings. The quantitative estimate of drug-likeness (QED) is 0.750. The third kappa shape index (κ3) is 2.30. The third-order valence-electron chi connectivity index (χ3n) is 2.81. The summed E-state index contributed by atoms with van der Waals surface area (Å²) in [6, 6.07) is 10.8. The Hall–Kier alpha value is -2.33. The molecule has 0 saturated heterocycles. The van der Waals surface area contributed by atoms with E-state index in [4.69, 9.17) is 11.6 Å². The van der Waals surface area contributed by atoms with E-state index < -0.39 is 0 Å². The minimum absolute atomic E-state index is 0.239. The number of benzene rings is 1. The number of rotatable bonds is 2. The van der Waals surface area contributed by atoms with Gasteiger partial charge in [0.1, 0.15) is 0 Å². The average molecular weight is 272 g/mol. The first kappa shape index (κ1) is 11.7. The van der Waals surface area contributed by atoms with Crippen molar-refractivity contribution in [1.82, 2.24) is 9.97 Å². The minimum atomic E-state index is -0.239. The van der Waals surface area contributed by atoms with Crippen molar-refractivity contribution in [1.29, 1.82) is 0 Å². The van der Waals surface area contributed by atoms with Crippen LogP contribution in [-0.4, -0.2) is 15.9 Å². The minimum Gasteiger partial charge on any atom is -0.361 e. The van der Waals surface area contributed by atoms with Gasteiger partial charge in [-0.25, -0.2) is 4.98 Å². The van der Waals surface area contributed by atoms with E-state index in [-0.39, 0.29) is 5.91 Å². The van der Waals surface area contributed by atoms with Crippen molar-refractivity contribution < 1.29 is 4.79 Å². The molecular weight excluding hydrogens is 262 g/mol. The number of carbonyl (C=O) groups is 1. The Labute approximate surface area is 114 Å². The fourth-order valence-electron chi connectivity index (χ4n) is 1.85. The van der Waals surface area contributed by atoms with Gasteiger partial charge in [0, 0.05) is 23.5 Å². The SMILES string of the molecule is O=C(Nc1ncccc1Cl)c1ccc2cc[nH]c2c1. The van der Waals surface area contributed by atoms with Crippen molar-refractivity contribution in [3.63, 3.8) is 0 Å². The molecule has 4 nitrogen and oxygen atoms in total. The number of aromatic nitrogens is 2. The molecule has 2 heterocycles. The van der Waals surface area contributed by atoms with Gasteiger partial charge in [-0.1, -0.05) is 17.7 Å². The summed E-state index contributed by atoms with van der Waals surface area (Å²) in [5.41, 5.74) is 1.47. The number of halogens is 1. The molecule has 2 N–H and O–H groups in total. The normalized spacial score (nSPS) is 10.6. The summed E-state index contributed by atoms with van der Waals surface area (Å²) in [4.78, 5) is 19.2. The van der Waals surface area contributed by atoms with Crippen LogP contribution in [0.25, 0.3) is 10.9 Å². The van der Waals surface area contributed by atoms with Gasteiger partial charge in [-0.2, -0.15) is 0 Å². The lowest BCUT2D eigenvalue weighted by Gasteiger charge is -2.05. The Morgan fingerprint density at radius 1 is 1.26 bits per heavy atom. The van der Waals surface area contributed by atoms with E-state index in [1.807, 2.05) is 18.3 Å². The van der Waals surface area contributed by atoms with Gasteiger partial charge < -0.3 is 10.3 Å². The second-order valence-corrected chi connectivity index (χ2v) is 4.47. The number of carbonyl (C=O) groups excluding carboxylic acids is 1. The molecule has 0 saturated carbocycles. The van der Waals surface area contributed by atoms with Crippen LogP contribution >= 0.6 is 11.6 Å². The molecule has 0 spiro atoms. The lowest BCUT2D eigenvalue weighted by molar-refractivity contribution is 0.102. The number of anilines is 1. The molecule has 94 valence electrons. The molecule has 0 radical (unpaired) electrons. The predicted octanol–water partition coefficient (Wildman–Crippen LogP) is 3.47. The Bertz CT molecular complexity index is 751. The van der Waals surface area contributed by atoms with Gasteiger partial charge in [0.15, 0.2) is 5.82 Å². The van der Waals surface area contributed by atoms with E-state index in [1.165, 1.54) is 0 Å². The summed E-state index contributed by atoms with van der Waals surface area (Å²) in [5.74, 6) is 0.123. The summed E-state index contributed by atoms with van der Waals surface area (Å²) < 4.78 is 0. The van der Waals surface area contributed by atoms with Crippen LogP contribution in [-0.2, 0) is 0 Å². The molecule has 0 fully saturated rings. The Morgan fingerprint density at radius 3 is 3.00 bits per heavy atom. The average Bonchev–Trinajstić information content (AvgIpc) is 2.88. The summed E-state index contributed by atoms with van der Waals surface area (Å²) in [6.07, 6.45) is 3.41. The number of hydrogen-bond acceptors (Lipinski definition) is 2. The standard InChI is InChI=1S/C14H10ClN3O/c15-11-2-1-6-17-13(11)18-14(19)10-4-3-9-5-7-16-12(9)8-10/h1-8,16H,(H,17,18,19). The molecule has 0 unspecified atom stereocenters. The molecule has 5 heteroatoms. The highest BCUT2D eigenvalue weighted by atomic mass is 35.5. The lowest BCUT2D eigenvalue weighted by Crippen LogP contribution is -2.13. The number of nitrogens with one attached hydrogen (secondary N) is 2. The number of H-pyrrole nitrogens is 1. The van der Waals surface area contributed by atoms with Crippen LogP contribution in [0.5, 0.6) is 0 Å². The van der Waals surface area contributed by atoms with Crippen molar-refractivity contribution in [3.05, 3.63) is 59.4 Å². The van der Waals surface area contributed by atoms with Crippen molar-refractivity contribution in [2.24, 2.45) is 0 Å². The number of fused-ring (bicyclic) bond motifs is 1. The highest BCUT2D eigenvalue weighted by Gasteiger charge is 2.09. The molecule has 0 atom stereocenters. The van der Waals surface area contributed by atoms with Crippen LogP contribution in [0.3, 0.4) is 0 Å². The molecule has 0 aliphatic carbocycles. The first-order valence-electron chi connectivity index (χ1n) is 5.73. The van der Waals surface area contributed by atoms with E-state index >= 15 is 0 Å². The Kier molecular flexibility index (Phi) is 2.93. The molecule has 19 heavy (non-hydrogen) atoms. The molecule has 0 aliphatic rings. The predicted molar refractivity (Wildman–Crippen MR) is 75.5 cm³/mol. The fraction of sp³-hybridized carbons (Fsp3) is 0. The number of amides is 1. The summed E-state index contributed by atoms with van der Waals surface area (Å²) >= 11 is 5.95. The third-order valence-corrected chi connectivity index (χ3v) is 3.11. The first-order valence-corrected chi connectivity index (χ1v) is 6.11. The smallest absolute Gasteiger partial charge is 0.256 e. The van der Waals surface area contributed by atoms with Crippen LogP contribution in [0.4, 0.5) is 5.82 Å². The molecule has 0 bridgehead atoms. The zero-order valence-electron chi connectivity index (χ0n) is 9.85. The zero-order chi connectivity index (χ0) is 13.2. The van der Waals surface area contributed by atoms with Gasteiger partial charge in [0.05, 0.1) is 5.02 Å². The number of nitrogens with zero attached hydrogens (tertiary/aromatic N) is 1. The fourth-order valence-corrected chi connectivity index (χ4v) is 2.02. The topological polar surface area (TPSA) is 57.8 Å². The second kappa shape index (κ2) is 4.74. The molecule has 0 aliphatic heterocycles. The molecule has 1 aromatic carbocycles. The molecule has 2 aromatic heterocycles. The van der Waals surface area contributed by atoms with E-state index in [2.05, 4.69) is 15.3 Å². The highest BCUT2D eigenvalue weighted by molar-refractivity contribution is 6.33. The second-order valence-electron chi connectivity index (χ2n) is 4.07. The number of aromatic amines is 1. The summed E-state index contributed by atoms with van der Waals surface area (Å²) in [6.45, 7) is 0. The van der Waals surface area contributed by atoms with Gasteiger partial charge in [-0.3, -0.25) is 4.79 Å². The lowest BCUT2D eigenvalue weighted by atomic mass is 10.1. The van der Waals surface area contributed by atoms with Gasteiger partial charge in [-0.15, -0.1) is 0 Å². The van der Waals surface area contributed by atoms with E-state index in [0.29, 0.717) is 16.4 Å². The van der Waals surface area contributed by atoms with Crippen LogP contribution in [0.15, 0.2) is 48.8 Å². The maximum absolute atomic E-state index is 12.1. The molecule has 1 amide bonds. The molecule has 3 rings (SSSR count). The van der Waals surface area contributed by atoms with Crippen molar-refractivity contribution in [2.45, 2.75) is 0 Å². The van der Waals surface area contributed by atoms with E-state index in [1.54, 1.807) is 30.5 Å². The Balaban J connectivity index is 1.89. The van der Waals surface area contributed by atoms with Gasteiger partial charge in [-0.05, 0) is 35.7 Å². The number of hydrogen-bond donors (Lipinski definition) is 2. The van der Waals surface area contributed by atoms with Crippen molar-refractivity contribution in [2.75, 3.05) is 5.32 Å². The maximum atomic E-state index is 12.1. The van der Waals surface area contributed by atoms with Crippen molar-refractivity contribution >= 4 is 34.2 Å².